The van der Waals surface area contributed by atoms with Gasteiger partial charge in [-0.05, 0) is 39.0 Å². The Morgan fingerprint density at radius 2 is 2.04 bits per heavy atom. The molecule has 130 valence electrons. The van der Waals surface area contributed by atoms with Gasteiger partial charge in [0.05, 0.1) is 29.4 Å². The number of nitrogens with zero attached hydrogens (tertiary/aromatic N) is 3. The molecule has 0 aliphatic heterocycles. The first-order valence-corrected chi connectivity index (χ1v) is 8.53. The van der Waals surface area contributed by atoms with Crippen molar-refractivity contribution >= 4 is 29.1 Å². The summed E-state index contributed by atoms with van der Waals surface area (Å²) >= 11 is 12.2. The summed E-state index contributed by atoms with van der Waals surface area (Å²) in [5, 5.41) is 14.6. The smallest absolute Gasteiger partial charge is 0.227 e. The molecule has 7 heteroatoms. The summed E-state index contributed by atoms with van der Waals surface area (Å²) < 4.78 is 1.74. The van der Waals surface area contributed by atoms with E-state index in [-0.39, 0.29) is 18.9 Å². The predicted molar refractivity (Wildman–Crippen MR) is 96.1 cm³/mol. The number of halogens is 2. The summed E-state index contributed by atoms with van der Waals surface area (Å²) in [5.74, 6) is -0.0282. The number of carbonyl (C=O) groups is 1. The van der Waals surface area contributed by atoms with Gasteiger partial charge in [0.25, 0.3) is 0 Å². The van der Waals surface area contributed by atoms with Crippen molar-refractivity contribution in [2.45, 2.75) is 27.2 Å². The summed E-state index contributed by atoms with van der Waals surface area (Å²) in [4.78, 5) is 14.1. The number of carbonyl (C=O) groups excluding carboxylic acids is 1. The topological polar surface area (TPSA) is 58.4 Å². The van der Waals surface area contributed by atoms with E-state index in [2.05, 4.69) is 5.10 Å². The minimum Gasteiger partial charge on any atom is -0.395 e. The van der Waals surface area contributed by atoms with E-state index >= 15 is 0 Å². The van der Waals surface area contributed by atoms with E-state index in [1.54, 1.807) is 27.8 Å². The average molecular weight is 370 g/mol. The monoisotopic (exact) mass is 369 g/mol. The van der Waals surface area contributed by atoms with E-state index in [1.807, 2.05) is 20.8 Å². The van der Waals surface area contributed by atoms with E-state index < -0.39 is 0 Å². The fourth-order valence-corrected chi connectivity index (χ4v) is 3.15. The van der Waals surface area contributed by atoms with Gasteiger partial charge in [0.1, 0.15) is 0 Å². The second-order valence-electron chi connectivity index (χ2n) is 5.53. The van der Waals surface area contributed by atoms with Crippen molar-refractivity contribution in [1.29, 1.82) is 0 Å². The van der Waals surface area contributed by atoms with Crippen molar-refractivity contribution in [3.8, 4) is 5.69 Å². The molecule has 1 N–H and O–H groups in total. The Balaban J connectivity index is 2.34. The fraction of sp³-hybridized carbons (Fsp3) is 0.412. The number of rotatable bonds is 6. The van der Waals surface area contributed by atoms with Crippen LogP contribution in [0, 0.1) is 13.8 Å². The molecule has 0 saturated heterocycles. The Morgan fingerprint density at radius 3 is 2.62 bits per heavy atom. The Bertz CT molecular complexity index is 744. The van der Waals surface area contributed by atoms with E-state index in [4.69, 9.17) is 28.3 Å². The van der Waals surface area contributed by atoms with Gasteiger partial charge in [-0.1, -0.05) is 23.2 Å². The van der Waals surface area contributed by atoms with Crippen LogP contribution in [0.2, 0.25) is 10.0 Å². The molecule has 0 spiro atoms. The Morgan fingerprint density at radius 1 is 1.33 bits per heavy atom. The molecule has 5 nitrogen and oxygen atoms in total. The first kappa shape index (κ1) is 18.8. The molecule has 0 aliphatic carbocycles. The molecule has 0 bridgehead atoms. The molecule has 0 saturated carbocycles. The summed E-state index contributed by atoms with van der Waals surface area (Å²) in [7, 11) is 0. The zero-order chi connectivity index (χ0) is 17.9. The van der Waals surface area contributed by atoms with Crippen LogP contribution in [-0.2, 0) is 11.2 Å². The number of aromatic nitrogens is 2. The molecule has 0 radical (unpaired) electrons. The molecule has 0 atom stereocenters. The number of likely N-dealkylation sites (N-methyl/N-ethyl adjacent to an activating group) is 1. The number of amides is 1. The van der Waals surface area contributed by atoms with Crippen molar-refractivity contribution < 1.29 is 9.90 Å². The van der Waals surface area contributed by atoms with Crippen LogP contribution in [-0.4, -0.2) is 45.4 Å². The second-order valence-corrected chi connectivity index (χ2v) is 6.37. The number of aryl methyl sites for hydroxylation is 1. The number of aliphatic hydroxyl groups is 1. The largest absolute Gasteiger partial charge is 0.395 e. The number of hydrogen-bond acceptors (Lipinski definition) is 3. The molecule has 0 aliphatic rings. The first-order valence-electron chi connectivity index (χ1n) is 7.78. The lowest BCUT2D eigenvalue weighted by atomic mass is 10.1. The van der Waals surface area contributed by atoms with Crippen LogP contribution >= 0.6 is 23.2 Å². The first-order chi connectivity index (χ1) is 11.4. The number of hydrogen-bond donors (Lipinski definition) is 1. The molecular formula is C17H21Cl2N3O2. The maximum Gasteiger partial charge on any atom is 0.227 e. The Labute approximate surface area is 151 Å². The van der Waals surface area contributed by atoms with Gasteiger partial charge in [-0.25, -0.2) is 4.68 Å². The highest BCUT2D eigenvalue weighted by molar-refractivity contribution is 6.35. The molecule has 0 fully saturated rings. The van der Waals surface area contributed by atoms with Crippen LogP contribution in [0.3, 0.4) is 0 Å². The third-order valence-electron chi connectivity index (χ3n) is 4.01. The SMILES string of the molecule is CCN(CCO)C(=O)Cc1c(C)nn(-c2ccc(Cl)cc2Cl)c1C. The van der Waals surface area contributed by atoms with Crippen LogP contribution in [0.5, 0.6) is 0 Å². The predicted octanol–water partition coefficient (Wildman–Crippen LogP) is 3.18. The normalized spacial score (nSPS) is 10.9. The van der Waals surface area contributed by atoms with Gasteiger partial charge in [-0.2, -0.15) is 5.10 Å². The van der Waals surface area contributed by atoms with Crippen LogP contribution in [0.4, 0.5) is 0 Å². The lowest BCUT2D eigenvalue weighted by Gasteiger charge is -2.19. The van der Waals surface area contributed by atoms with Crippen molar-refractivity contribution in [3.63, 3.8) is 0 Å². The van der Waals surface area contributed by atoms with Gasteiger partial charge in [0.2, 0.25) is 5.91 Å². The minimum absolute atomic E-state index is 0.0282. The van der Waals surface area contributed by atoms with E-state index in [9.17, 15) is 4.79 Å². The molecule has 1 aromatic heterocycles. The second kappa shape index (κ2) is 8.01. The quantitative estimate of drug-likeness (QED) is 0.850. The van der Waals surface area contributed by atoms with Crippen LogP contribution in [0.15, 0.2) is 18.2 Å². The van der Waals surface area contributed by atoms with Gasteiger partial charge in [-0.15, -0.1) is 0 Å². The van der Waals surface area contributed by atoms with Gasteiger partial charge < -0.3 is 10.0 Å². The van der Waals surface area contributed by atoms with Gasteiger partial charge in [0.15, 0.2) is 0 Å². The highest BCUT2D eigenvalue weighted by Crippen LogP contribution is 2.27. The van der Waals surface area contributed by atoms with Crippen LogP contribution in [0.1, 0.15) is 23.9 Å². The zero-order valence-corrected chi connectivity index (χ0v) is 15.5. The third kappa shape index (κ3) is 3.91. The maximum absolute atomic E-state index is 12.4. The van der Waals surface area contributed by atoms with Crippen LogP contribution < -0.4 is 0 Å². The average Bonchev–Trinajstić information content (AvgIpc) is 2.80. The van der Waals surface area contributed by atoms with Crippen molar-refractivity contribution in [3.05, 3.63) is 45.2 Å². The molecule has 1 heterocycles. The fourth-order valence-electron chi connectivity index (χ4n) is 2.66. The molecule has 0 unspecified atom stereocenters. The van der Waals surface area contributed by atoms with Crippen molar-refractivity contribution in [1.82, 2.24) is 14.7 Å². The molecule has 24 heavy (non-hydrogen) atoms. The summed E-state index contributed by atoms with van der Waals surface area (Å²) in [6, 6.07) is 5.23. The van der Waals surface area contributed by atoms with E-state index in [0.29, 0.717) is 23.1 Å². The zero-order valence-electron chi connectivity index (χ0n) is 14.0. The lowest BCUT2D eigenvalue weighted by molar-refractivity contribution is -0.130. The number of benzene rings is 1. The van der Waals surface area contributed by atoms with Gasteiger partial charge >= 0.3 is 0 Å². The molecule has 1 amide bonds. The highest BCUT2D eigenvalue weighted by Gasteiger charge is 2.19. The van der Waals surface area contributed by atoms with E-state index in [0.717, 1.165) is 22.6 Å². The number of aliphatic hydroxyl groups excluding tert-OH is 1. The highest BCUT2D eigenvalue weighted by atomic mass is 35.5. The lowest BCUT2D eigenvalue weighted by Crippen LogP contribution is -2.34. The minimum atomic E-state index is -0.0445. The maximum atomic E-state index is 12.4. The summed E-state index contributed by atoms with van der Waals surface area (Å²) in [6.45, 7) is 6.54. The summed E-state index contributed by atoms with van der Waals surface area (Å²) in [5.41, 5.74) is 3.25. The van der Waals surface area contributed by atoms with Gasteiger partial charge in [-0.3, -0.25) is 4.79 Å². The standard InChI is InChI=1S/C17H21Cl2N3O2/c1-4-21(7-8-23)17(24)10-14-11(2)20-22(12(14)3)16-6-5-13(18)9-15(16)19/h5-6,9,23H,4,7-8,10H2,1-3H3. The van der Waals surface area contributed by atoms with Crippen molar-refractivity contribution in [2.24, 2.45) is 0 Å². The molecule has 1 aromatic carbocycles. The molecule has 2 aromatic rings. The third-order valence-corrected chi connectivity index (χ3v) is 4.55. The molecular weight excluding hydrogens is 349 g/mol. The molecule has 2 rings (SSSR count). The van der Waals surface area contributed by atoms with Gasteiger partial charge in [0, 0.05) is 29.4 Å². The van der Waals surface area contributed by atoms with Crippen molar-refractivity contribution in [2.75, 3.05) is 19.7 Å². The van der Waals surface area contributed by atoms with E-state index in [1.165, 1.54) is 0 Å². The van der Waals surface area contributed by atoms with Crippen LogP contribution in [0.25, 0.3) is 5.69 Å². The Kier molecular flexibility index (Phi) is 6.27. The summed E-state index contributed by atoms with van der Waals surface area (Å²) in [6.07, 6.45) is 0.247. The Hall–Kier alpha value is -1.56.